The second-order valence-corrected chi connectivity index (χ2v) is 4.40. The van der Waals surface area contributed by atoms with Gasteiger partial charge in [-0.2, -0.15) is 0 Å². The first kappa shape index (κ1) is 14.0. The molecule has 0 spiro atoms. The second kappa shape index (κ2) is 6.59. The Morgan fingerprint density at radius 1 is 1.28 bits per heavy atom. The van der Waals surface area contributed by atoms with Gasteiger partial charge in [0.1, 0.15) is 0 Å². The smallest absolute Gasteiger partial charge is 0.328 e. The van der Waals surface area contributed by atoms with Crippen LogP contribution in [-0.2, 0) is 4.79 Å². The van der Waals surface area contributed by atoms with Crippen LogP contribution in [0.25, 0.3) is 6.08 Å². The SMILES string of the molecule is CC(C)CNC(=O)c1ccc(C=CC(=O)O)cc1. The van der Waals surface area contributed by atoms with E-state index >= 15 is 0 Å². The van der Waals surface area contributed by atoms with Crippen LogP contribution in [0.4, 0.5) is 0 Å². The van der Waals surface area contributed by atoms with Gasteiger partial charge in [-0.25, -0.2) is 4.79 Å². The van der Waals surface area contributed by atoms with E-state index in [-0.39, 0.29) is 5.91 Å². The molecule has 0 atom stereocenters. The number of carboxylic acids is 1. The summed E-state index contributed by atoms with van der Waals surface area (Å²) in [5.41, 5.74) is 1.32. The molecular weight excluding hydrogens is 230 g/mol. The first-order chi connectivity index (χ1) is 8.49. The fourth-order valence-electron chi connectivity index (χ4n) is 1.31. The summed E-state index contributed by atoms with van der Waals surface area (Å²) in [5.74, 6) is -0.696. The molecule has 0 saturated heterocycles. The number of carboxylic acid groups (broad SMARTS) is 1. The number of benzene rings is 1. The molecule has 0 heterocycles. The molecule has 1 rings (SSSR count). The molecule has 0 unspecified atom stereocenters. The molecule has 1 aromatic carbocycles. The average molecular weight is 247 g/mol. The van der Waals surface area contributed by atoms with Gasteiger partial charge in [0, 0.05) is 18.2 Å². The quantitative estimate of drug-likeness (QED) is 0.784. The third kappa shape index (κ3) is 4.82. The number of aliphatic carboxylic acids is 1. The summed E-state index contributed by atoms with van der Waals surface area (Å²) >= 11 is 0. The van der Waals surface area contributed by atoms with E-state index in [4.69, 9.17) is 5.11 Å². The largest absolute Gasteiger partial charge is 0.478 e. The predicted octanol–water partition coefficient (Wildman–Crippen LogP) is 2.17. The summed E-state index contributed by atoms with van der Waals surface area (Å²) < 4.78 is 0. The number of rotatable bonds is 5. The van der Waals surface area contributed by atoms with Gasteiger partial charge in [0.2, 0.25) is 0 Å². The van der Waals surface area contributed by atoms with Crippen LogP contribution in [-0.4, -0.2) is 23.5 Å². The molecule has 1 amide bonds. The Bertz CT molecular complexity index is 447. The van der Waals surface area contributed by atoms with Crippen LogP contribution in [0.3, 0.4) is 0 Å². The van der Waals surface area contributed by atoms with Gasteiger partial charge in [-0.1, -0.05) is 26.0 Å². The maximum Gasteiger partial charge on any atom is 0.328 e. The van der Waals surface area contributed by atoms with Crippen LogP contribution in [0, 0.1) is 5.92 Å². The number of hydrogen-bond donors (Lipinski definition) is 2. The molecule has 0 radical (unpaired) electrons. The molecule has 0 aliphatic heterocycles. The lowest BCUT2D eigenvalue weighted by Crippen LogP contribution is -2.27. The van der Waals surface area contributed by atoms with Gasteiger partial charge in [-0.05, 0) is 29.7 Å². The van der Waals surface area contributed by atoms with E-state index < -0.39 is 5.97 Å². The molecule has 0 bridgehead atoms. The lowest BCUT2D eigenvalue weighted by atomic mass is 10.1. The fourth-order valence-corrected chi connectivity index (χ4v) is 1.31. The molecule has 2 N–H and O–H groups in total. The molecule has 0 fully saturated rings. The van der Waals surface area contributed by atoms with E-state index in [1.54, 1.807) is 24.3 Å². The minimum atomic E-state index is -0.992. The highest BCUT2D eigenvalue weighted by atomic mass is 16.4. The zero-order valence-corrected chi connectivity index (χ0v) is 10.5. The van der Waals surface area contributed by atoms with Crippen molar-refractivity contribution < 1.29 is 14.7 Å². The van der Waals surface area contributed by atoms with Gasteiger partial charge in [0.15, 0.2) is 0 Å². The van der Waals surface area contributed by atoms with Gasteiger partial charge >= 0.3 is 5.97 Å². The molecule has 0 aliphatic rings. The lowest BCUT2D eigenvalue weighted by Gasteiger charge is -2.07. The topological polar surface area (TPSA) is 66.4 Å². The van der Waals surface area contributed by atoms with Crippen molar-refractivity contribution in [1.29, 1.82) is 0 Å². The molecule has 0 aromatic heterocycles. The standard InChI is InChI=1S/C14H17NO3/c1-10(2)9-15-14(18)12-6-3-11(4-7-12)5-8-13(16)17/h3-8,10H,9H2,1-2H3,(H,15,18)(H,16,17). The van der Waals surface area contributed by atoms with Gasteiger partial charge in [0.25, 0.3) is 5.91 Å². The van der Waals surface area contributed by atoms with Crippen LogP contribution in [0.15, 0.2) is 30.3 Å². The Balaban J connectivity index is 2.65. The molecule has 4 nitrogen and oxygen atoms in total. The third-order valence-corrected chi connectivity index (χ3v) is 2.26. The van der Waals surface area contributed by atoms with E-state index in [2.05, 4.69) is 5.32 Å². The number of nitrogens with one attached hydrogen (secondary N) is 1. The summed E-state index contributed by atoms with van der Waals surface area (Å²) in [4.78, 5) is 22.0. The van der Waals surface area contributed by atoms with E-state index in [1.807, 2.05) is 13.8 Å². The van der Waals surface area contributed by atoms with Crippen molar-refractivity contribution in [1.82, 2.24) is 5.32 Å². The van der Waals surface area contributed by atoms with Crippen LogP contribution in [0.5, 0.6) is 0 Å². The highest BCUT2D eigenvalue weighted by molar-refractivity contribution is 5.94. The zero-order valence-electron chi connectivity index (χ0n) is 10.5. The van der Waals surface area contributed by atoms with Crippen molar-refractivity contribution in [2.75, 3.05) is 6.54 Å². The third-order valence-electron chi connectivity index (χ3n) is 2.26. The minimum Gasteiger partial charge on any atom is -0.478 e. The van der Waals surface area contributed by atoms with Gasteiger partial charge in [0.05, 0.1) is 0 Å². The maximum absolute atomic E-state index is 11.7. The Morgan fingerprint density at radius 2 is 1.89 bits per heavy atom. The number of carbonyl (C=O) groups excluding carboxylic acids is 1. The molecule has 1 aromatic rings. The first-order valence-electron chi connectivity index (χ1n) is 5.78. The van der Waals surface area contributed by atoms with Crippen molar-refractivity contribution in [2.45, 2.75) is 13.8 Å². The van der Waals surface area contributed by atoms with Crippen LogP contribution in [0.1, 0.15) is 29.8 Å². The van der Waals surface area contributed by atoms with E-state index in [0.29, 0.717) is 18.0 Å². The summed E-state index contributed by atoms with van der Waals surface area (Å²) in [6, 6.07) is 6.78. The highest BCUT2D eigenvalue weighted by Gasteiger charge is 2.05. The molecule has 0 saturated carbocycles. The lowest BCUT2D eigenvalue weighted by molar-refractivity contribution is -0.131. The number of hydrogen-bond acceptors (Lipinski definition) is 2. The van der Waals surface area contributed by atoms with E-state index in [1.165, 1.54) is 6.08 Å². The molecule has 0 aliphatic carbocycles. The Hall–Kier alpha value is -2.10. The van der Waals surface area contributed by atoms with E-state index in [9.17, 15) is 9.59 Å². The minimum absolute atomic E-state index is 0.113. The average Bonchev–Trinajstić information content (AvgIpc) is 2.34. The fraction of sp³-hybridized carbons (Fsp3) is 0.286. The summed E-state index contributed by atoms with van der Waals surface area (Å²) in [6.45, 7) is 4.69. The monoisotopic (exact) mass is 247 g/mol. The molecule has 18 heavy (non-hydrogen) atoms. The van der Waals surface area contributed by atoms with Crippen LogP contribution < -0.4 is 5.32 Å². The van der Waals surface area contributed by atoms with Crippen molar-refractivity contribution in [2.24, 2.45) is 5.92 Å². The van der Waals surface area contributed by atoms with Crippen molar-refractivity contribution in [3.63, 3.8) is 0 Å². The molecule has 96 valence electrons. The number of carbonyl (C=O) groups is 2. The predicted molar refractivity (Wildman–Crippen MR) is 70.3 cm³/mol. The van der Waals surface area contributed by atoms with Crippen LogP contribution >= 0.6 is 0 Å². The first-order valence-corrected chi connectivity index (χ1v) is 5.78. The summed E-state index contributed by atoms with van der Waals surface area (Å²) in [6.07, 6.45) is 2.55. The highest BCUT2D eigenvalue weighted by Crippen LogP contribution is 2.06. The summed E-state index contributed by atoms with van der Waals surface area (Å²) in [7, 11) is 0. The molecule has 4 heteroatoms. The zero-order chi connectivity index (χ0) is 13.5. The van der Waals surface area contributed by atoms with E-state index in [0.717, 1.165) is 11.6 Å². The van der Waals surface area contributed by atoms with Gasteiger partial charge in [-0.15, -0.1) is 0 Å². The van der Waals surface area contributed by atoms with Crippen LogP contribution in [0.2, 0.25) is 0 Å². The number of amides is 1. The Labute approximate surface area is 106 Å². The van der Waals surface area contributed by atoms with Crippen molar-refractivity contribution in [3.8, 4) is 0 Å². The van der Waals surface area contributed by atoms with Crippen molar-refractivity contribution >= 4 is 18.0 Å². The maximum atomic E-state index is 11.7. The van der Waals surface area contributed by atoms with Crippen molar-refractivity contribution in [3.05, 3.63) is 41.5 Å². The Kier molecular flexibility index (Phi) is 5.11. The molecular formula is C14H17NO3. The second-order valence-electron chi connectivity index (χ2n) is 4.40. The normalized spacial score (nSPS) is 10.8. The van der Waals surface area contributed by atoms with Gasteiger partial charge in [-0.3, -0.25) is 4.79 Å². The van der Waals surface area contributed by atoms with Gasteiger partial charge < -0.3 is 10.4 Å². The Morgan fingerprint density at radius 3 is 2.39 bits per heavy atom. The summed E-state index contributed by atoms with van der Waals surface area (Å²) in [5, 5.41) is 11.3.